The van der Waals surface area contributed by atoms with E-state index in [9.17, 15) is 4.79 Å². The van der Waals surface area contributed by atoms with E-state index in [2.05, 4.69) is 25.9 Å². The lowest BCUT2D eigenvalue weighted by Crippen LogP contribution is -2.13. The minimum Gasteiger partial charge on any atom is -0.369 e. The number of nitrogens with zero attached hydrogens (tertiary/aromatic N) is 2. The molecule has 1 aromatic heterocycles. The highest BCUT2D eigenvalue weighted by Crippen LogP contribution is 2.21. The zero-order valence-electron chi connectivity index (χ0n) is 7.87. The number of nitrogens with two attached hydrogens (primary N) is 1. The smallest absolute Gasteiger partial charge is 0.227 e. The second-order valence-corrected chi connectivity index (χ2v) is 4.48. The quantitative estimate of drug-likeness (QED) is 0.670. The van der Waals surface area contributed by atoms with Gasteiger partial charge in [-0.3, -0.25) is 4.79 Å². The standard InChI is InChI=1S/C8H10BrN3OS/c1-4-7(9)5(2)12-8(11-4)14-3-6(10)13/h3H2,1-2H3,(H2,10,13). The summed E-state index contributed by atoms with van der Waals surface area (Å²) < 4.78 is 0.904. The number of thioether (sulfide) groups is 1. The van der Waals surface area contributed by atoms with Crippen molar-refractivity contribution in [3.63, 3.8) is 0 Å². The van der Waals surface area contributed by atoms with Crippen LogP contribution in [0, 0.1) is 13.8 Å². The molecule has 0 saturated heterocycles. The van der Waals surface area contributed by atoms with Gasteiger partial charge in [-0.2, -0.15) is 0 Å². The van der Waals surface area contributed by atoms with Crippen LogP contribution in [0.5, 0.6) is 0 Å². The molecule has 6 heteroatoms. The summed E-state index contributed by atoms with van der Waals surface area (Å²) in [5, 5.41) is 0.585. The summed E-state index contributed by atoms with van der Waals surface area (Å²) in [5.41, 5.74) is 6.75. The Morgan fingerprint density at radius 3 is 2.36 bits per heavy atom. The predicted octanol–water partition coefficient (Wildman–Crippen LogP) is 1.43. The molecule has 0 aliphatic heterocycles. The number of amides is 1. The molecular formula is C8H10BrN3OS. The maximum Gasteiger partial charge on any atom is 0.227 e. The van der Waals surface area contributed by atoms with Crippen LogP contribution >= 0.6 is 27.7 Å². The van der Waals surface area contributed by atoms with Crippen molar-refractivity contribution in [1.82, 2.24) is 9.97 Å². The number of halogens is 1. The van der Waals surface area contributed by atoms with Crippen molar-refractivity contribution in [2.75, 3.05) is 5.75 Å². The van der Waals surface area contributed by atoms with Gasteiger partial charge in [-0.15, -0.1) is 0 Å². The van der Waals surface area contributed by atoms with Gasteiger partial charge in [0.05, 0.1) is 21.6 Å². The Bertz CT molecular complexity index is 347. The molecule has 4 nitrogen and oxygen atoms in total. The first-order valence-electron chi connectivity index (χ1n) is 3.92. The minimum absolute atomic E-state index is 0.209. The van der Waals surface area contributed by atoms with Crippen molar-refractivity contribution in [2.24, 2.45) is 5.73 Å². The summed E-state index contributed by atoms with van der Waals surface area (Å²) in [5.74, 6) is -0.155. The summed E-state index contributed by atoms with van der Waals surface area (Å²) in [6.45, 7) is 3.76. The van der Waals surface area contributed by atoms with Gasteiger partial charge in [0.25, 0.3) is 0 Å². The van der Waals surface area contributed by atoms with E-state index in [1.165, 1.54) is 11.8 Å². The molecular weight excluding hydrogens is 266 g/mol. The Morgan fingerprint density at radius 2 is 1.93 bits per heavy atom. The van der Waals surface area contributed by atoms with Crippen molar-refractivity contribution >= 4 is 33.6 Å². The molecule has 1 heterocycles. The monoisotopic (exact) mass is 275 g/mol. The van der Waals surface area contributed by atoms with Gasteiger partial charge < -0.3 is 5.73 Å². The fourth-order valence-corrected chi connectivity index (χ4v) is 1.72. The van der Waals surface area contributed by atoms with Crippen LogP contribution in [-0.2, 0) is 4.79 Å². The number of rotatable bonds is 3. The molecule has 0 unspecified atom stereocenters. The van der Waals surface area contributed by atoms with Crippen LogP contribution in [0.1, 0.15) is 11.4 Å². The number of hydrogen-bond acceptors (Lipinski definition) is 4. The van der Waals surface area contributed by atoms with E-state index in [-0.39, 0.29) is 11.7 Å². The lowest BCUT2D eigenvalue weighted by molar-refractivity contribution is -0.115. The van der Waals surface area contributed by atoms with Crippen molar-refractivity contribution in [3.8, 4) is 0 Å². The fourth-order valence-electron chi connectivity index (χ4n) is 0.872. The molecule has 1 amide bonds. The molecule has 76 valence electrons. The van der Waals surface area contributed by atoms with Crippen molar-refractivity contribution < 1.29 is 4.79 Å². The van der Waals surface area contributed by atoms with Crippen LogP contribution in [0.3, 0.4) is 0 Å². The van der Waals surface area contributed by atoms with Crippen molar-refractivity contribution in [3.05, 3.63) is 15.9 Å². The fraction of sp³-hybridized carbons (Fsp3) is 0.375. The Balaban J connectivity index is 2.84. The number of primary amides is 1. The maximum absolute atomic E-state index is 10.5. The van der Waals surface area contributed by atoms with E-state index in [0.29, 0.717) is 5.16 Å². The molecule has 0 saturated carbocycles. The van der Waals surface area contributed by atoms with Crippen molar-refractivity contribution in [2.45, 2.75) is 19.0 Å². The molecule has 0 radical (unpaired) electrons. The zero-order valence-corrected chi connectivity index (χ0v) is 10.3. The molecule has 1 aromatic rings. The highest BCUT2D eigenvalue weighted by molar-refractivity contribution is 9.10. The predicted molar refractivity (Wildman–Crippen MR) is 59.1 cm³/mol. The van der Waals surface area contributed by atoms with Gasteiger partial charge in [-0.05, 0) is 29.8 Å². The summed E-state index contributed by atoms with van der Waals surface area (Å²) in [6.07, 6.45) is 0. The number of hydrogen-bond donors (Lipinski definition) is 1. The molecule has 14 heavy (non-hydrogen) atoms. The van der Waals surface area contributed by atoms with E-state index >= 15 is 0 Å². The highest BCUT2D eigenvalue weighted by atomic mass is 79.9. The number of carbonyl (C=O) groups excluding carboxylic acids is 1. The van der Waals surface area contributed by atoms with Gasteiger partial charge in [-0.25, -0.2) is 9.97 Å². The van der Waals surface area contributed by atoms with Crippen molar-refractivity contribution in [1.29, 1.82) is 0 Å². The van der Waals surface area contributed by atoms with Gasteiger partial charge in [0.15, 0.2) is 5.16 Å². The van der Waals surface area contributed by atoms with Gasteiger partial charge in [-0.1, -0.05) is 11.8 Å². The minimum atomic E-state index is -0.364. The third-order valence-corrected chi connectivity index (χ3v) is 3.52. The molecule has 2 N–H and O–H groups in total. The molecule has 0 spiro atoms. The number of aromatic nitrogens is 2. The van der Waals surface area contributed by atoms with Crippen LogP contribution in [0.25, 0.3) is 0 Å². The third kappa shape index (κ3) is 2.95. The summed E-state index contributed by atoms with van der Waals surface area (Å²) in [4.78, 5) is 19.0. The normalized spacial score (nSPS) is 10.2. The van der Waals surface area contributed by atoms with Gasteiger partial charge in [0, 0.05) is 0 Å². The molecule has 1 rings (SSSR count). The van der Waals surface area contributed by atoms with Gasteiger partial charge in [0.1, 0.15) is 0 Å². The first-order chi connectivity index (χ1) is 6.50. The second kappa shape index (κ2) is 4.75. The largest absolute Gasteiger partial charge is 0.369 e. The zero-order chi connectivity index (χ0) is 10.7. The van der Waals surface area contributed by atoms with Crippen LogP contribution in [0.15, 0.2) is 9.63 Å². The van der Waals surface area contributed by atoms with E-state index < -0.39 is 0 Å². The lowest BCUT2D eigenvalue weighted by Gasteiger charge is -2.04. The van der Waals surface area contributed by atoms with E-state index in [1.807, 2.05) is 13.8 Å². The molecule has 0 aliphatic carbocycles. The molecule has 0 fully saturated rings. The Hall–Kier alpha value is -0.620. The van der Waals surface area contributed by atoms with Gasteiger partial charge in [0.2, 0.25) is 5.91 Å². The Labute approximate surface area is 94.8 Å². The maximum atomic E-state index is 10.5. The SMILES string of the molecule is Cc1nc(SCC(N)=O)nc(C)c1Br. The molecule has 0 aliphatic rings. The molecule has 0 atom stereocenters. The van der Waals surface area contributed by atoms with Crippen LogP contribution in [0.4, 0.5) is 0 Å². The summed E-state index contributed by atoms with van der Waals surface area (Å²) in [6, 6.07) is 0. The second-order valence-electron chi connectivity index (χ2n) is 2.75. The highest BCUT2D eigenvalue weighted by Gasteiger charge is 2.06. The Kier molecular flexibility index (Phi) is 3.88. The summed E-state index contributed by atoms with van der Waals surface area (Å²) >= 11 is 4.62. The van der Waals surface area contributed by atoms with Gasteiger partial charge >= 0.3 is 0 Å². The average molecular weight is 276 g/mol. The van der Waals surface area contributed by atoms with Crippen LogP contribution < -0.4 is 5.73 Å². The first-order valence-corrected chi connectivity index (χ1v) is 5.70. The number of carbonyl (C=O) groups is 1. The lowest BCUT2D eigenvalue weighted by atomic mass is 10.4. The molecule has 0 bridgehead atoms. The first kappa shape index (κ1) is 11.5. The van der Waals surface area contributed by atoms with E-state index in [0.717, 1.165) is 15.9 Å². The molecule has 0 aromatic carbocycles. The topological polar surface area (TPSA) is 68.9 Å². The van der Waals surface area contributed by atoms with E-state index in [1.54, 1.807) is 0 Å². The van der Waals surface area contributed by atoms with E-state index in [4.69, 9.17) is 5.73 Å². The summed E-state index contributed by atoms with van der Waals surface area (Å²) in [7, 11) is 0. The Morgan fingerprint density at radius 1 is 1.43 bits per heavy atom. The average Bonchev–Trinajstić information content (AvgIpc) is 2.10. The number of aryl methyl sites for hydroxylation is 2. The van der Waals surface area contributed by atoms with Crippen LogP contribution in [0.2, 0.25) is 0 Å². The third-order valence-electron chi connectivity index (χ3n) is 1.51. The van der Waals surface area contributed by atoms with Crippen LogP contribution in [-0.4, -0.2) is 21.6 Å².